The van der Waals surface area contributed by atoms with E-state index in [0.29, 0.717) is 12.1 Å². The van der Waals surface area contributed by atoms with Crippen LogP contribution in [0.25, 0.3) is 0 Å². The van der Waals surface area contributed by atoms with Crippen LogP contribution in [0, 0.1) is 28.7 Å². The Hall–Kier alpha value is -2.55. The SMILES string of the molecule is Cc1ccc(S(=O)(=O)Nc2c(F)cc([N+](=O)[O-])cc2F)cc1. The Balaban J connectivity index is 2.42. The van der Waals surface area contributed by atoms with Crippen LogP contribution < -0.4 is 4.72 Å². The lowest BCUT2D eigenvalue weighted by Gasteiger charge is -2.10. The topological polar surface area (TPSA) is 89.3 Å². The van der Waals surface area contributed by atoms with E-state index in [0.717, 1.165) is 5.56 Å². The number of nitrogens with zero attached hydrogens (tertiary/aromatic N) is 1. The van der Waals surface area contributed by atoms with Gasteiger partial charge in [0.25, 0.3) is 15.7 Å². The third kappa shape index (κ3) is 3.19. The first-order chi connectivity index (χ1) is 10.2. The van der Waals surface area contributed by atoms with Crippen molar-refractivity contribution in [2.75, 3.05) is 4.72 Å². The van der Waals surface area contributed by atoms with Crippen molar-refractivity contribution in [2.24, 2.45) is 0 Å². The van der Waals surface area contributed by atoms with Crippen LogP contribution in [0.4, 0.5) is 20.2 Å². The van der Waals surface area contributed by atoms with Gasteiger partial charge in [0.1, 0.15) is 5.69 Å². The summed E-state index contributed by atoms with van der Waals surface area (Å²) in [7, 11) is -4.21. The van der Waals surface area contributed by atoms with Crippen LogP contribution in [0.1, 0.15) is 5.56 Å². The number of aryl methyl sites for hydroxylation is 1. The highest BCUT2D eigenvalue weighted by molar-refractivity contribution is 7.92. The summed E-state index contributed by atoms with van der Waals surface area (Å²) in [5, 5.41) is 10.5. The van der Waals surface area contributed by atoms with E-state index in [1.165, 1.54) is 24.3 Å². The first-order valence-corrected chi connectivity index (χ1v) is 7.42. The molecular weight excluding hydrogens is 318 g/mol. The number of hydrogen-bond donors (Lipinski definition) is 1. The minimum absolute atomic E-state index is 0.185. The predicted molar refractivity (Wildman–Crippen MR) is 75.0 cm³/mol. The maximum absolute atomic E-state index is 13.7. The van der Waals surface area contributed by atoms with Gasteiger partial charge in [0.15, 0.2) is 11.6 Å². The van der Waals surface area contributed by atoms with Crippen molar-refractivity contribution in [3.8, 4) is 0 Å². The van der Waals surface area contributed by atoms with Gasteiger partial charge in [-0.05, 0) is 19.1 Å². The smallest absolute Gasteiger partial charge is 0.274 e. The summed E-state index contributed by atoms with van der Waals surface area (Å²) in [6, 6.07) is 6.48. The minimum atomic E-state index is -4.21. The number of nitrogens with one attached hydrogen (secondary N) is 1. The summed E-state index contributed by atoms with van der Waals surface area (Å²) in [6.07, 6.45) is 0. The lowest BCUT2D eigenvalue weighted by Crippen LogP contribution is -2.15. The molecule has 0 aliphatic heterocycles. The van der Waals surface area contributed by atoms with Crippen molar-refractivity contribution in [3.05, 3.63) is 63.7 Å². The lowest BCUT2D eigenvalue weighted by molar-refractivity contribution is -0.385. The number of benzene rings is 2. The van der Waals surface area contributed by atoms with Crippen molar-refractivity contribution in [3.63, 3.8) is 0 Å². The fourth-order valence-electron chi connectivity index (χ4n) is 1.67. The molecule has 0 heterocycles. The number of non-ortho nitro benzene ring substituents is 1. The number of rotatable bonds is 4. The molecule has 0 saturated heterocycles. The molecule has 2 rings (SSSR count). The molecule has 0 saturated carbocycles. The molecular formula is C13H10F2N2O4S. The minimum Gasteiger partial charge on any atom is -0.274 e. The molecule has 0 atom stereocenters. The molecule has 116 valence electrons. The van der Waals surface area contributed by atoms with Crippen LogP contribution in [-0.4, -0.2) is 13.3 Å². The molecule has 0 unspecified atom stereocenters. The lowest BCUT2D eigenvalue weighted by atomic mass is 10.2. The fourth-order valence-corrected chi connectivity index (χ4v) is 2.75. The van der Waals surface area contributed by atoms with Crippen molar-refractivity contribution in [1.29, 1.82) is 0 Å². The van der Waals surface area contributed by atoms with Gasteiger partial charge in [-0.15, -0.1) is 0 Å². The number of nitro benzene ring substituents is 1. The molecule has 2 aromatic carbocycles. The molecule has 9 heteroatoms. The van der Waals surface area contributed by atoms with Gasteiger partial charge in [-0.25, -0.2) is 17.2 Å². The number of hydrogen-bond acceptors (Lipinski definition) is 4. The number of sulfonamides is 1. The summed E-state index contributed by atoms with van der Waals surface area (Å²) in [5.74, 6) is -2.75. The summed E-state index contributed by atoms with van der Waals surface area (Å²) < 4.78 is 53.3. The van der Waals surface area contributed by atoms with E-state index >= 15 is 0 Å². The third-order valence-corrected chi connectivity index (χ3v) is 4.17. The fraction of sp³-hybridized carbons (Fsp3) is 0.0769. The highest BCUT2D eigenvalue weighted by atomic mass is 32.2. The zero-order chi connectivity index (χ0) is 16.5. The van der Waals surface area contributed by atoms with E-state index in [9.17, 15) is 27.3 Å². The average molecular weight is 328 g/mol. The van der Waals surface area contributed by atoms with Gasteiger partial charge >= 0.3 is 0 Å². The normalized spacial score (nSPS) is 11.2. The molecule has 1 N–H and O–H groups in total. The standard InChI is InChI=1S/C13H10F2N2O4S/c1-8-2-4-10(5-3-8)22(20,21)16-13-11(14)6-9(17(18)19)7-12(13)15/h2-7,16H,1H3. The third-order valence-electron chi connectivity index (χ3n) is 2.81. The highest BCUT2D eigenvalue weighted by Crippen LogP contribution is 2.27. The van der Waals surface area contributed by atoms with Crippen molar-refractivity contribution < 1.29 is 22.1 Å². The van der Waals surface area contributed by atoms with Gasteiger partial charge in [-0.1, -0.05) is 17.7 Å². The first-order valence-electron chi connectivity index (χ1n) is 5.93. The van der Waals surface area contributed by atoms with Crippen LogP contribution in [0.5, 0.6) is 0 Å². The van der Waals surface area contributed by atoms with E-state index in [1.54, 1.807) is 11.6 Å². The Kier molecular flexibility index (Phi) is 4.09. The average Bonchev–Trinajstić information content (AvgIpc) is 2.43. The second kappa shape index (κ2) is 5.68. The van der Waals surface area contributed by atoms with Crippen LogP contribution in [-0.2, 0) is 10.0 Å². The Bertz CT molecular complexity index is 813. The maximum Gasteiger partial charge on any atom is 0.275 e. The maximum atomic E-state index is 13.7. The van der Waals surface area contributed by atoms with E-state index in [-0.39, 0.29) is 4.90 Å². The Morgan fingerprint density at radius 1 is 1.09 bits per heavy atom. The van der Waals surface area contributed by atoms with Gasteiger partial charge in [0.05, 0.1) is 22.0 Å². The Morgan fingerprint density at radius 3 is 2.05 bits per heavy atom. The van der Waals surface area contributed by atoms with Crippen molar-refractivity contribution in [2.45, 2.75) is 11.8 Å². The first kappa shape index (κ1) is 15.8. The van der Waals surface area contributed by atoms with E-state index in [4.69, 9.17) is 0 Å². The van der Waals surface area contributed by atoms with Crippen LogP contribution in [0.15, 0.2) is 41.3 Å². The van der Waals surface area contributed by atoms with Crippen LogP contribution >= 0.6 is 0 Å². The summed E-state index contributed by atoms with van der Waals surface area (Å²) >= 11 is 0. The van der Waals surface area contributed by atoms with Gasteiger partial charge in [0, 0.05) is 0 Å². The predicted octanol–water partition coefficient (Wildman–Crippen LogP) is 2.98. The highest BCUT2D eigenvalue weighted by Gasteiger charge is 2.22. The molecule has 0 aromatic heterocycles. The molecule has 0 bridgehead atoms. The monoisotopic (exact) mass is 328 g/mol. The van der Waals surface area contributed by atoms with Gasteiger partial charge in [-0.3, -0.25) is 14.8 Å². The van der Waals surface area contributed by atoms with E-state index in [1.807, 2.05) is 0 Å². The number of anilines is 1. The zero-order valence-electron chi connectivity index (χ0n) is 11.2. The van der Waals surface area contributed by atoms with Crippen molar-refractivity contribution >= 4 is 21.4 Å². The van der Waals surface area contributed by atoms with Gasteiger partial charge < -0.3 is 0 Å². The summed E-state index contributed by atoms with van der Waals surface area (Å²) in [5.41, 5.74) is -0.967. The van der Waals surface area contributed by atoms with E-state index < -0.39 is 38.0 Å². The molecule has 0 radical (unpaired) electrons. The van der Waals surface area contributed by atoms with Crippen molar-refractivity contribution in [1.82, 2.24) is 0 Å². The Morgan fingerprint density at radius 2 is 1.59 bits per heavy atom. The molecule has 0 fully saturated rings. The van der Waals surface area contributed by atoms with Gasteiger partial charge in [0.2, 0.25) is 0 Å². The quantitative estimate of drug-likeness (QED) is 0.690. The molecule has 0 aliphatic carbocycles. The molecule has 0 aliphatic rings. The zero-order valence-corrected chi connectivity index (χ0v) is 12.0. The second-order valence-corrected chi connectivity index (χ2v) is 6.14. The van der Waals surface area contributed by atoms with E-state index in [2.05, 4.69) is 0 Å². The molecule has 0 amide bonds. The van der Waals surface area contributed by atoms with Crippen LogP contribution in [0.3, 0.4) is 0 Å². The second-order valence-electron chi connectivity index (χ2n) is 4.46. The largest absolute Gasteiger partial charge is 0.275 e. The summed E-state index contributed by atoms with van der Waals surface area (Å²) in [6.45, 7) is 1.75. The van der Waals surface area contributed by atoms with Gasteiger partial charge in [-0.2, -0.15) is 0 Å². The molecule has 22 heavy (non-hydrogen) atoms. The number of nitro groups is 1. The Labute approximate surface area is 124 Å². The molecule has 0 spiro atoms. The number of halogens is 2. The van der Waals surface area contributed by atoms with Crippen LogP contribution in [0.2, 0.25) is 0 Å². The molecule has 2 aromatic rings. The molecule has 6 nitrogen and oxygen atoms in total. The summed E-state index contributed by atoms with van der Waals surface area (Å²) in [4.78, 5) is 9.32.